The molecule has 0 saturated carbocycles. The molecule has 0 radical (unpaired) electrons. The fourth-order valence-corrected chi connectivity index (χ4v) is 3.89. The van der Waals surface area contributed by atoms with Crippen molar-refractivity contribution in [3.05, 3.63) is 65.7 Å². The fraction of sp³-hybridized carbons (Fsp3) is 0.333. The summed E-state index contributed by atoms with van der Waals surface area (Å²) in [6, 6.07) is 17.2. The number of ether oxygens (including phenoxy) is 1. The third-order valence-electron chi connectivity index (χ3n) is 3.73. The lowest BCUT2D eigenvalue weighted by Crippen LogP contribution is -2.33. The highest BCUT2D eigenvalue weighted by atomic mass is 32.2. The van der Waals surface area contributed by atoms with Crippen LogP contribution in [0, 0.1) is 0 Å². The summed E-state index contributed by atoms with van der Waals surface area (Å²) in [7, 11) is -1.69. The van der Waals surface area contributed by atoms with E-state index in [4.69, 9.17) is 4.74 Å². The van der Waals surface area contributed by atoms with E-state index >= 15 is 0 Å². The highest BCUT2D eigenvalue weighted by Gasteiger charge is 2.20. The van der Waals surface area contributed by atoms with Gasteiger partial charge in [-0.1, -0.05) is 49.4 Å². The second-order valence-electron chi connectivity index (χ2n) is 5.33. The Morgan fingerprint density at radius 2 is 1.70 bits per heavy atom. The second-order valence-corrected chi connectivity index (χ2v) is 7.42. The second kappa shape index (κ2) is 8.13. The highest BCUT2D eigenvalue weighted by Crippen LogP contribution is 2.15. The van der Waals surface area contributed by atoms with Gasteiger partial charge in [0.25, 0.3) is 0 Å². The molecule has 0 spiro atoms. The van der Waals surface area contributed by atoms with E-state index in [1.165, 1.54) is 4.31 Å². The van der Waals surface area contributed by atoms with Gasteiger partial charge in [0.15, 0.2) is 0 Å². The Bertz CT molecular complexity index is 714. The van der Waals surface area contributed by atoms with Crippen molar-refractivity contribution in [3.8, 4) is 5.75 Å². The van der Waals surface area contributed by atoms with Gasteiger partial charge in [0, 0.05) is 13.1 Å². The molecular weight excluding hydrogens is 310 g/mol. The van der Waals surface area contributed by atoms with E-state index in [9.17, 15) is 8.42 Å². The van der Waals surface area contributed by atoms with Gasteiger partial charge >= 0.3 is 0 Å². The molecule has 4 nitrogen and oxygen atoms in total. The Balaban J connectivity index is 2.03. The summed E-state index contributed by atoms with van der Waals surface area (Å²) < 4.78 is 31.9. The van der Waals surface area contributed by atoms with Gasteiger partial charge in [-0.25, -0.2) is 8.42 Å². The van der Waals surface area contributed by atoms with Crippen molar-refractivity contribution in [2.45, 2.75) is 19.9 Å². The monoisotopic (exact) mass is 333 g/mol. The van der Waals surface area contributed by atoms with Crippen LogP contribution in [-0.4, -0.2) is 32.1 Å². The molecular formula is C18H23NO3S. The average Bonchev–Trinajstić information content (AvgIpc) is 2.59. The molecule has 2 rings (SSSR count). The van der Waals surface area contributed by atoms with Crippen molar-refractivity contribution in [1.82, 2.24) is 4.31 Å². The predicted molar refractivity (Wildman–Crippen MR) is 93.0 cm³/mol. The molecule has 5 heteroatoms. The third-order valence-corrected chi connectivity index (χ3v) is 5.62. The summed E-state index contributed by atoms with van der Waals surface area (Å²) in [5.74, 6) is 0.845. The Morgan fingerprint density at radius 3 is 2.35 bits per heavy atom. The van der Waals surface area contributed by atoms with Crippen molar-refractivity contribution < 1.29 is 13.2 Å². The first-order valence-electron chi connectivity index (χ1n) is 7.70. The van der Waals surface area contributed by atoms with E-state index in [0.717, 1.165) is 16.9 Å². The molecule has 124 valence electrons. The number of rotatable bonds is 8. The normalized spacial score (nSPS) is 11.6. The maximum Gasteiger partial charge on any atom is 0.214 e. The van der Waals surface area contributed by atoms with E-state index in [1.54, 1.807) is 7.11 Å². The summed E-state index contributed by atoms with van der Waals surface area (Å²) in [5, 5.41) is 0. The van der Waals surface area contributed by atoms with Crippen molar-refractivity contribution in [2.24, 2.45) is 0 Å². The molecule has 0 N–H and O–H groups in total. The maximum atomic E-state index is 12.6. The van der Waals surface area contributed by atoms with E-state index in [1.807, 2.05) is 61.5 Å². The zero-order chi connectivity index (χ0) is 16.7. The summed E-state index contributed by atoms with van der Waals surface area (Å²) >= 11 is 0. The number of benzene rings is 2. The number of hydrogen-bond donors (Lipinski definition) is 0. The quantitative estimate of drug-likeness (QED) is 0.746. The van der Waals surface area contributed by atoms with Gasteiger partial charge in [0.1, 0.15) is 5.75 Å². The number of hydrogen-bond acceptors (Lipinski definition) is 3. The molecule has 0 bridgehead atoms. The first-order chi connectivity index (χ1) is 11.0. The maximum absolute atomic E-state index is 12.6. The summed E-state index contributed by atoms with van der Waals surface area (Å²) in [4.78, 5) is 0. The van der Waals surface area contributed by atoms with Crippen LogP contribution in [0.15, 0.2) is 54.6 Å². The lowest BCUT2D eigenvalue weighted by molar-refractivity contribution is 0.414. The van der Waals surface area contributed by atoms with Gasteiger partial charge in [0.05, 0.1) is 12.9 Å². The summed E-state index contributed by atoms with van der Waals surface area (Å²) in [6.07, 6.45) is 0.477. The Hall–Kier alpha value is -1.85. The number of sulfonamides is 1. The molecule has 0 aliphatic rings. The number of aryl methyl sites for hydroxylation is 1. The molecule has 0 saturated heterocycles. The zero-order valence-electron chi connectivity index (χ0n) is 13.6. The standard InChI is InChI=1S/C18H23NO3S/c1-3-19(15-17-8-5-4-6-9-17)23(20,21)13-12-16-10-7-11-18(14-16)22-2/h4-11,14H,3,12-13,15H2,1-2H3. The molecule has 0 aromatic heterocycles. The molecule has 0 fully saturated rings. The predicted octanol–water partition coefficient (Wildman–Crippen LogP) is 3.09. The van der Waals surface area contributed by atoms with Gasteiger partial charge in [-0.15, -0.1) is 0 Å². The van der Waals surface area contributed by atoms with Crippen LogP contribution < -0.4 is 4.74 Å². The van der Waals surface area contributed by atoms with Crippen molar-refractivity contribution in [2.75, 3.05) is 19.4 Å². The first-order valence-corrected chi connectivity index (χ1v) is 9.30. The fourth-order valence-electron chi connectivity index (χ4n) is 2.40. The van der Waals surface area contributed by atoms with Gasteiger partial charge in [0.2, 0.25) is 10.0 Å². The van der Waals surface area contributed by atoms with E-state index < -0.39 is 10.0 Å². The molecule has 0 aliphatic heterocycles. The minimum atomic E-state index is -3.30. The molecule has 0 unspecified atom stereocenters. The van der Waals surface area contributed by atoms with Crippen LogP contribution in [0.4, 0.5) is 0 Å². The first kappa shape index (κ1) is 17.5. The minimum Gasteiger partial charge on any atom is -0.497 e. The molecule has 2 aromatic rings. The largest absolute Gasteiger partial charge is 0.497 e. The van der Waals surface area contributed by atoms with Crippen LogP contribution in [-0.2, 0) is 23.0 Å². The van der Waals surface area contributed by atoms with Crippen molar-refractivity contribution >= 4 is 10.0 Å². The third kappa shape index (κ3) is 5.08. The zero-order valence-corrected chi connectivity index (χ0v) is 14.4. The van der Waals surface area contributed by atoms with Crippen LogP contribution in [0.1, 0.15) is 18.1 Å². The average molecular weight is 333 g/mol. The lowest BCUT2D eigenvalue weighted by atomic mass is 10.2. The molecule has 0 aliphatic carbocycles. The Morgan fingerprint density at radius 1 is 1.00 bits per heavy atom. The van der Waals surface area contributed by atoms with Gasteiger partial charge in [-0.05, 0) is 29.7 Å². The van der Waals surface area contributed by atoms with Crippen LogP contribution in [0.5, 0.6) is 5.75 Å². The smallest absolute Gasteiger partial charge is 0.214 e. The molecule has 0 heterocycles. The number of nitrogens with zero attached hydrogens (tertiary/aromatic N) is 1. The van der Waals surface area contributed by atoms with Crippen molar-refractivity contribution in [3.63, 3.8) is 0 Å². The van der Waals surface area contributed by atoms with Crippen molar-refractivity contribution in [1.29, 1.82) is 0 Å². The summed E-state index contributed by atoms with van der Waals surface area (Å²) in [5.41, 5.74) is 1.96. The highest BCUT2D eigenvalue weighted by molar-refractivity contribution is 7.89. The van der Waals surface area contributed by atoms with Crippen LogP contribution in [0.25, 0.3) is 0 Å². The minimum absolute atomic E-state index is 0.0981. The van der Waals surface area contributed by atoms with Gasteiger partial charge in [-0.3, -0.25) is 0 Å². The number of methoxy groups -OCH3 is 1. The van der Waals surface area contributed by atoms with Gasteiger partial charge in [-0.2, -0.15) is 4.31 Å². The molecule has 0 atom stereocenters. The lowest BCUT2D eigenvalue weighted by Gasteiger charge is -2.20. The SMILES string of the molecule is CCN(Cc1ccccc1)S(=O)(=O)CCc1cccc(OC)c1. The van der Waals surface area contributed by atoms with E-state index in [0.29, 0.717) is 19.5 Å². The molecule has 0 amide bonds. The Labute approximate surface area is 138 Å². The van der Waals surface area contributed by atoms with Crippen LogP contribution >= 0.6 is 0 Å². The van der Waals surface area contributed by atoms with E-state index in [2.05, 4.69) is 0 Å². The van der Waals surface area contributed by atoms with Gasteiger partial charge < -0.3 is 4.74 Å². The Kier molecular flexibility index (Phi) is 6.19. The molecule has 23 heavy (non-hydrogen) atoms. The van der Waals surface area contributed by atoms with E-state index in [-0.39, 0.29) is 5.75 Å². The van der Waals surface area contributed by atoms with Crippen LogP contribution in [0.2, 0.25) is 0 Å². The topological polar surface area (TPSA) is 46.6 Å². The summed E-state index contributed by atoms with van der Waals surface area (Å²) in [6.45, 7) is 2.75. The van der Waals surface area contributed by atoms with Crippen LogP contribution in [0.3, 0.4) is 0 Å². The molecule has 2 aromatic carbocycles.